The summed E-state index contributed by atoms with van der Waals surface area (Å²) in [5.41, 5.74) is 1.33. The van der Waals surface area contributed by atoms with Crippen molar-refractivity contribution in [3.63, 3.8) is 0 Å². The number of hydrogen-bond acceptors (Lipinski definition) is 4. The van der Waals surface area contributed by atoms with Crippen molar-refractivity contribution >= 4 is 22.9 Å². The van der Waals surface area contributed by atoms with Crippen LogP contribution in [0, 0.1) is 11.8 Å². The van der Waals surface area contributed by atoms with Crippen molar-refractivity contribution in [2.24, 2.45) is 0 Å². The molecule has 1 unspecified atom stereocenters. The number of Topliss-reactive ketones (excluding diaryl/α,β-unsaturated/α-hetero) is 1. The molecule has 1 atom stereocenters. The Hall–Kier alpha value is -3.23. The van der Waals surface area contributed by atoms with Crippen LogP contribution >= 0.6 is 0 Å². The zero-order valence-corrected chi connectivity index (χ0v) is 19.2. The lowest BCUT2D eigenvalue weighted by atomic mass is 9.99. The Balaban J connectivity index is 2.07. The molecule has 0 spiro atoms. The van der Waals surface area contributed by atoms with E-state index in [9.17, 15) is 4.79 Å². The third-order valence-electron chi connectivity index (χ3n) is 5.27. The normalized spacial score (nSPS) is 13.4. The Morgan fingerprint density at radius 3 is 2.56 bits per heavy atom. The van der Waals surface area contributed by atoms with Crippen molar-refractivity contribution in [3.05, 3.63) is 65.7 Å². The van der Waals surface area contributed by atoms with Gasteiger partial charge in [0.25, 0.3) is 5.72 Å². The number of ketones is 1. The molecule has 0 aliphatic rings. The fraction of sp³-hybridized carbons (Fsp3) is 0.370. The highest BCUT2D eigenvalue weighted by atomic mass is 16.5. The molecule has 0 fully saturated rings. The van der Waals surface area contributed by atoms with Crippen LogP contribution in [0.4, 0.5) is 0 Å². The monoisotopic (exact) mass is 429 g/mol. The summed E-state index contributed by atoms with van der Waals surface area (Å²) in [7, 11) is 0. The molecule has 166 valence electrons. The summed E-state index contributed by atoms with van der Waals surface area (Å²) >= 11 is 0. The van der Waals surface area contributed by atoms with E-state index in [1.807, 2.05) is 67.6 Å². The fourth-order valence-corrected chi connectivity index (χ4v) is 3.63. The predicted molar refractivity (Wildman–Crippen MR) is 129 cm³/mol. The van der Waals surface area contributed by atoms with Crippen molar-refractivity contribution in [3.8, 4) is 11.8 Å². The Labute approximate surface area is 190 Å². The van der Waals surface area contributed by atoms with Crippen molar-refractivity contribution in [2.45, 2.75) is 58.6 Å². The van der Waals surface area contributed by atoms with Crippen LogP contribution in [0.2, 0.25) is 0 Å². The van der Waals surface area contributed by atoms with Gasteiger partial charge in [-0.3, -0.25) is 4.79 Å². The first-order valence-electron chi connectivity index (χ1n) is 11.4. The largest absolute Gasteiger partial charge is 0.337 e. The average molecular weight is 430 g/mol. The molecule has 3 aromatic rings. The number of ether oxygens (including phenoxy) is 1. The van der Waals surface area contributed by atoms with E-state index >= 15 is 0 Å². The van der Waals surface area contributed by atoms with E-state index in [0.717, 1.165) is 18.4 Å². The van der Waals surface area contributed by atoms with Crippen LogP contribution in [0.5, 0.6) is 0 Å². The first-order valence-corrected chi connectivity index (χ1v) is 11.4. The van der Waals surface area contributed by atoms with Gasteiger partial charge in [-0.25, -0.2) is 0 Å². The number of hydrogen-bond donors (Lipinski definition) is 0. The standard InChI is InChI=1S/C27H31N3O2/c1-4-6-7-8-9-15-20-27(32-5-2,30-25-19-14-13-18-24(25)28-29-30)26(31)22(3)21-23-16-11-10-12-17-23/h10-14,16-19,21H,4-9H2,1-3H3/b22-21+. The Morgan fingerprint density at radius 2 is 1.81 bits per heavy atom. The van der Waals surface area contributed by atoms with Gasteiger partial charge in [-0.2, -0.15) is 4.68 Å². The third-order valence-corrected chi connectivity index (χ3v) is 5.27. The summed E-state index contributed by atoms with van der Waals surface area (Å²) in [6.45, 7) is 6.15. The van der Waals surface area contributed by atoms with E-state index < -0.39 is 5.72 Å². The van der Waals surface area contributed by atoms with Crippen molar-refractivity contribution in [1.29, 1.82) is 0 Å². The molecule has 0 radical (unpaired) electrons. The molecule has 0 bridgehead atoms. The molecular weight excluding hydrogens is 398 g/mol. The van der Waals surface area contributed by atoms with E-state index in [-0.39, 0.29) is 5.78 Å². The van der Waals surface area contributed by atoms with E-state index in [1.165, 1.54) is 17.5 Å². The van der Waals surface area contributed by atoms with Crippen LogP contribution in [0.3, 0.4) is 0 Å². The number of para-hydroxylation sites is 1. The van der Waals surface area contributed by atoms with E-state index in [2.05, 4.69) is 29.1 Å². The Kier molecular flexibility index (Phi) is 8.35. The summed E-state index contributed by atoms with van der Waals surface area (Å²) in [5, 5.41) is 8.57. The SMILES string of the molecule is CCCCCCC#CC(OCC)(C(=O)/C(C)=C/c1ccccc1)n1nnc2ccccc21. The maximum Gasteiger partial charge on any atom is 0.291 e. The van der Waals surface area contributed by atoms with Crippen LogP contribution in [0.15, 0.2) is 60.2 Å². The van der Waals surface area contributed by atoms with E-state index in [1.54, 1.807) is 6.92 Å². The second-order valence-corrected chi connectivity index (χ2v) is 7.75. The summed E-state index contributed by atoms with van der Waals surface area (Å²) < 4.78 is 7.66. The van der Waals surface area contributed by atoms with Gasteiger partial charge in [0, 0.05) is 13.0 Å². The van der Waals surface area contributed by atoms with Gasteiger partial charge in [-0.05, 0) is 55.5 Å². The first kappa shape index (κ1) is 23.4. The van der Waals surface area contributed by atoms with Crippen LogP contribution < -0.4 is 0 Å². The van der Waals surface area contributed by atoms with Gasteiger partial charge in [0.2, 0.25) is 5.78 Å². The summed E-state index contributed by atoms with van der Waals surface area (Å²) in [4.78, 5) is 13.9. The Morgan fingerprint density at radius 1 is 1.06 bits per heavy atom. The lowest BCUT2D eigenvalue weighted by molar-refractivity contribution is -0.144. The minimum absolute atomic E-state index is 0.236. The van der Waals surface area contributed by atoms with Gasteiger partial charge in [0.1, 0.15) is 5.52 Å². The van der Waals surface area contributed by atoms with Gasteiger partial charge < -0.3 is 4.74 Å². The molecule has 32 heavy (non-hydrogen) atoms. The van der Waals surface area contributed by atoms with Crippen LogP contribution in [0.25, 0.3) is 17.1 Å². The molecule has 3 rings (SSSR count). The molecule has 0 N–H and O–H groups in total. The molecule has 5 nitrogen and oxygen atoms in total. The molecule has 1 heterocycles. The van der Waals surface area contributed by atoms with Gasteiger partial charge in [-0.1, -0.05) is 79.8 Å². The number of fused-ring (bicyclic) bond motifs is 1. The van der Waals surface area contributed by atoms with Gasteiger partial charge in [0.05, 0.1) is 5.52 Å². The number of aromatic nitrogens is 3. The minimum Gasteiger partial charge on any atom is -0.337 e. The highest BCUT2D eigenvalue weighted by molar-refractivity contribution is 6.05. The number of carbonyl (C=O) groups excluding carboxylic acids is 1. The maximum atomic E-state index is 13.9. The van der Waals surface area contributed by atoms with Gasteiger partial charge in [0.15, 0.2) is 0 Å². The second kappa shape index (κ2) is 11.4. The van der Waals surface area contributed by atoms with Gasteiger partial charge >= 0.3 is 0 Å². The van der Waals surface area contributed by atoms with E-state index in [0.29, 0.717) is 29.6 Å². The fourth-order valence-electron chi connectivity index (χ4n) is 3.63. The smallest absolute Gasteiger partial charge is 0.291 e. The zero-order chi connectivity index (χ0) is 22.8. The Bertz CT molecular complexity index is 1120. The quantitative estimate of drug-likeness (QED) is 0.233. The van der Waals surface area contributed by atoms with E-state index in [4.69, 9.17) is 4.74 Å². The summed E-state index contributed by atoms with van der Waals surface area (Å²) in [6, 6.07) is 17.3. The molecule has 0 saturated heterocycles. The number of unbranched alkanes of at least 4 members (excludes halogenated alkanes) is 4. The minimum atomic E-state index is -1.56. The van der Waals surface area contributed by atoms with Crippen LogP contribution in [-0.2, 0) is 15.3 Å². The predicted octanol–water partition coefficient (Wildman–Crippen LogP) is 5.77. The molecule has 0 aliphatic heterocycles. The highest BCUT2D eigenvalue weighted by Crippen LogP contribution is 2.27. The number of nitrogens with zero attached hydrogens (tertiary/aromatic N) is 3. The molecule has 1 aromatic heterocycles. The van der Waals surface area contributed by atoms with Crippen LogP contribution in [0.1, 0.15) is 58.4 Å². The van der Waals surface area contributed by atoms with Crippen molar-refractivity contribution in [1.82, 2.24) is 15.0 Å². The topological polar surface area (TPSA) is 57.0 Å². The number of carbonyl (C=O) groups is 1. The highest BCUT2D eigenvalue weighted by Gasteiger charge is 2.43. The lowest BCUT2D eigenvalue weighted by Crippen LogP contribution is -2.45. The molecule has 0 saturated carbocycles. The number of rotatable bonds is 10. The second-order valence-electron chi connectivity index (χ2n) is 7.75. The summed E-state index contributed by atoms with van der Waals surface area (Å²) in [6.07, 6.45) is 7.04. The summed E-state index contributed by atoms with van der Waals surface area (Å²) in [5.74, 6) is 6.14. The maximum absolute atomic E-state index is 13.9. The zero-order valence-electron chi connectivity index (χ0n) is 19.2. The molecular formula is C27H31N3O2. The average Bonchev–Trinajstić information content (AvgIpc) is 3.25. The van der Waals surface area contributed by atoms with Crippen molar-refractivity contribution in [2.75, 3.05) is 6.61 Å². The molecule has 0 aliphatic carbocycles. The number of benzene rings is 2. The molecule has 2 aromatic carbocycles. The first-order chi connectivity index (χ1) is 15.6. The molecule has 5 heteroatoms. The van der Waals surface area contributed by atoms with Crippen molar-refractivity contribution < 1.29 is 9.53 Å². The lowest BCUT2D eigenvalue weighted by Gasteiger charge is -2.27. The molecule has 0 amide bonds. The van der Waals surface area contributed by atoms with Gasteiger partial charge in [-0.15, -0.1) is 5.10 Å². The van der Waals surface area contributed by atoms with Crippen LogP contribution in [-0.4, -0.2) is 27.4 Å². The third kappa shape index (κ3) is 5.33.